The van der Waals surface area contributed by atoms with Crippen molar-refractivity contribution in [3.63, 3.8) is 0 Å². The molecule has 0 aliphatic heterocycles. The van der Waals surface area contributed by atoms with Gasteiger partial charge in [-0.2, -0.15) is 16.3 Å². The average Bonchev–Trinajstić information content (AvgIpc) is 3.11. The second-order valence-electron chi connectivity index (χ2n) is 4.48. The summed E-state index contributed by atoms with van der Waals surface area (Å²) in [5.74, 6) is 0.0553. The van der Waals surface area contributed by atoms with E-state index in [1.807, 2.05) is 30.7 Å². The van der Waals surface area contributed by atoms with Crippen LogP contribution in [0.5, 0.6) is 0 Å². The summed E-state index contributed by atoms with van der Waals surface area (Å²) in [7, 11) is 0. The molecule has 0 amide bonds. The van der Waals surface area contributed by atoms with Gasteiger partial charge in [0.15, 0.2) is 5.82 Å². The zero-order chi connectivity index (χ0) is 14.6. The number of rotatable bonds is 7. The summed E-state index contributed by atoms with van der Waals surface area (Å²) in [6.45, 7) is 3.96. The Hall–Kier alpha value is -1.73. The van der Waals surface area contributed by atoms with Gasteiger partial charge in [0.25, 0.3) is 5.89 Å². The van der Waals surface area contributed by atoms with Crippen molar-refractivity contribution >= 4 is 17.3 Å². The van der Waals surface area contributed by atoms with Crippen LogP contribution >= 0.6 is 11.3 Å². The fraction of sp³-hybridized carbons (Fsp3) is 0.462. The minimum absolute atomic E-state index is 0.265. The van der Waals surface area contributed by atoms with E-state index in [-0.39, 0.29) is 6.54 Å². The van der Waals surface area contributed by atoms with E-state index in [0.29, 0.717) is 24.6 Å². The van der Waals surface area contributed by atoms with E-state index in [1.165, 1.54) is 0 Å². The topological polar surface area (TPSA) is 88.3 Å². The lowest BCUT2D eigenvalue weighted by molar-refractivity contribution is -0.145. The lowest BCUT2D eigenvalue weighted by Gasteiger charge is -2.27. The van der Waals surface area contributed by atoms with Crippen LogP contribution in [0, 0.1) is 0 Å². The molecule has 6 nitrogen and oxygen atoms in total. The van der Waals surface area contributed by atoms with Crippen LogP contribution in [0.15, 0.2) is 21.3 Å². The Balaban J connectivity index is 2.06. The molecule has 0 bridgehead atoms. The van der Waals surface area contributed by atoms with E-state index in [2.05, 4.69) is 15.5 Å². The Morgan fingerprint density at radius 2 is 2.25 bits per heavy atom. The first-order valence-corrected chi connectivity index (χ1v) is 7.39. The van der Waals surface area contributed by atoms with E-state index >= 15 is 0 Å². The van der Waals surface area contributed by atoms with Gasteiger partial charge in [-0.1, -0.05) is 19.0 Å². The molecular weight excluding hydrogens is 278 g/mol. The number of carboxylic acids is 1. The van der Waals surface area contributed by atoms with Crippen LogP contribution in [0.25, 0.3) is 11.5 Å². The van der Waals surface area contributed by atoms with Crippen molar-refractivity contribution in [1.82, 2.24) is 15.5 Å². The van der Waals surface area contributed by atoms with E-state index < -0.39 is 11.5 Å². The molecule has 7 heteroatoms. The number of aliphatic carboxylic acids is 1. The molecule has 2 N–H and O–H groups in total. The van der Waals surface area contributed by atoms with Crippen molar-refractivity contribution in [1.29, 1.82) is 0 Å². The molecule has 2 aromatic rings. The third-order valence-corrected chi connectivity index (χ3v) is 4.12. The number of hydrogen-bond donors (Lipinski definition) is 2. The molecule has 0 aromatic carbocycles. The Morgan fingerprint density at radius 1 is 1.50 bits per heavy atom. The molecule has 2 heterocycles. The minimum atomic E-state index is -0.941. The molecule has 0 aliphatic carbocycles. The van der Waals surface area contributed by atoms with E-state index in [9.17, 15) is 9.90 Å². The highest BCUT2D eigenvalue weighted by atomic mass is 32.1. The normalized spacial score (nSPS) is 11.7. The highest BCUT2D eigenvalue weighted by Gasteiger charge is 2.34. The Labute approximate surface area is 120 Å². The minimum Gasteiger partial charge on any atom is -0.480 e. The molecule has 0 unspecified atom stereocenters. The number of nitrogens with one attached hydrogen (secondary N) is 1. The van der Waals surface area contributed by atoms with Gasteiger partial charge in [-0.3, -0.25) is 10.1 Å². The maximum atomic E-state index is 11.4. The lowest BCUT2D eigenvalue weighted by atomic mass is 9.93. The first kappa shape index (κ1) is 14.7. The van der Waals surface area contributed by atoms with Gasteiger partial charge in [0.05, 0.1) is 12.1 Å². The average molecular weight is 295 g/mol. The van der Waals surface area contributed by atoms with E-state index in [1.54, 1.807) is 11.3 Å². The second-order valence-corrected chi connectivity index (χ2v) is 5.26. The SMILES string of the molecule is CCC(CC)(NCc1noc(-c2ccsc2)n1)C(=O)O. The Bertz CT molecular complexity index is 561. The summed E-state index contributed by atoms with van der Waals surface area (Å²) in [6.07, 6.45) is 0.988. The van der Waals surface area contributed by atoms with Crippen LogP contribution in [0.2, 0.25) is 0 Å². The largest absolute Gasteiger partial charge is 0.480 e. The van der Waals surface area contributed by atoms with Crippen LogP contribution in [0.1, 0.15) is 32.5 Å². The number of carboxylic acid groups (broad SMARTS) is 1. The second kappa shape index (κ2) is 6.15. The van der Waals surface area contributed by atoms with E-state index in [4.69, 9.17) is 4.52 Å². The van der Waals surface area contributed by atoms with Gasteiger partial charge in [-0.15, -0.1) is 0 Å². The number of hydrogen-bond acceptors (Lipinski definition) is 6. The predicted molar refractivity (Wildman–Crippen MR) is 75.4 cm³/mol. The van der Waals surface area contributed by atoms with Crippen LogP contribution in [-0.2, 0) is 11.3 Å². The highest BCUT2D eigenvalue weighted by molar-refractivity contribution is 7.08. The number of nitrogens with zero attached hydrogens (tertiary/aromatic N) is 2. The van der Waals surface area contributed by atoms with Crippen LogP contribution in [0.3, 0.4) is 0 Å². The summed E-state index contributed by atoms with van der Waals surface area (Å²) in [5, 5.41) is 20.1. The van der Waals surface area contributed by atoms with Crippen molar-refractivity contribution in [2.24, 2.45) is 0 Å². The van der Waals surface area contributed by atoms with Gasteiger partial charge in [-0.25, -0.2) is 0 Å². The maximum Gasteiger partial charge on any atom is 0.323 e. The van der Waals surface area contributed by atoms with Gasteiger partial charge in [0, 0.05) is 5.38 Å². The van der Waals surface area contributed by atoms with Crippen molar-refractivity contribution in [2.45, 2.75) is 38.8 Å². The van der Waals surface area contributed by atoms with Crippen molar-refractivity contribution < 1.29 is 14.4 Å². The smallest absolute Gasteiger partial charge is 0.323 e. The molecule has 0 radical (unpaired) electrons. The van der Waals surface area contributed by atoms with Gasteiger partial charge in [0.1, 0.15) is 5.54 Å². The first-order valence-electron chi connectivity index (χ1n) is 6.45. The van der Waals surface area contributed by atoms with Crippen LogP contribution in [-0.4, -0.2) is 26.8 Å². The molecular formula is C13H17N3O3S. The van der Waals surface area contributed by atoms with Crippen molar-refractivity contribution in [3.05, 3.63) is 22.7 Å². The number of thiophene rings is 1. The fourth-order valence-electron chi connectivity index (χ4n) is 1.96. The zero-order valence-electron chi connectivity index (χ0n) is 11.4. The molecule has 20 heavy (non-hydrogen) atoms. The lowest BCUT2D eigenvalue weighted by Crippen LogP contribution is -2.50. The highest BCUT2D eigenvalue weighted by Crippen LogP contribution is 2.20. The molecule has 0 fully saturated rings. The summed E-state index contributed by atoms with van der Waals surface area (Å²) in [4.78, 5) is 15.6. The first-order chi connectivity index (χ1) is 9.61. The number of carbonyl (C=O) groups is 1. The third kappa shape index (κ3) is 2.88. The van der Waals surface area contributed by atoms with Gasteiger partial charge in [0.2, 0.25) is 0 Å². The molecule has 108 valence electrons. The molecule has 0 spiro atoms. The molecule has 0 atom stereocenters. The number of aromatic nitrogens is 2. The monoisotopic (exact) mass is 295 g/mol. The van der Waals surface area contributed by atoms with E-state index in [0.717, 1.165) is 5.56 Å². The standard InChI is InChI=1S/C13H17N3O3S/c1-3-13(4-2,12(17)18)14-7-10-15-11(19-16-10)9-5-6-20-8-9/h5-6,8,14H,3-4,7H2,1-2H3,(H,17,18). The van der Waals surface area contributed by atoms with Gasteiger partial charge in [-0.05, 0) is 24.3 Å². The predicted octanol–water partition coefficient (Wildman–Crippen LogP) is 2.53. The van der Waals surface area contributed by atoms with Gasteiger partial charge >= 0.3 is 5.97 Å². The molecule has 2 aromatic heterocycles. The van der Waals surface area contributed by atoms with Crippen LogP contribution < -0.4 is 5.32 Å². The maximum absolute atomic E-state index is 11.4. The van der Waals surface area contributed by atoms with Crippen LogP contribution in [0.4, 0.5) is 0 Å². The third-order valence-electron chi connectivity index (χ3n) is 3.44. The fourth-order valence-corrected chi connectivity index (χ4v) is 2.59. The Kier molecular flexibility index (Phi) is 4.51. The van der Waals surface area contributed by atoms with Crippen molar-refractivity contribution in [3.8, 4) is 11.5 Å². The molecule has 2 rings (SSSR count). The summed E-state index contributed by atoms with van der Waals surface area (Å²) in [6, 6.07) is 1.90. The van der Waals surface area contributed by atoms with Crippen molar-refractivity contribution in [2.75, 3.05) is 0 Å². The Morgan fingerprint density at radius 3 is 2.80 bits per heavy atom. The molecule has 0 saturated carbocycles. The zero-order valence-corrected chi connectivity index (χ0v) is 12.2. The summed E-state index contributed by atoms with van der Waals surface area (Å²) in [5.41, 5.74) is -0.0624. The molecule has 0 aliphatic rings. The molecule has 0 saturated heterocycles. The summed E-state index contributed by atoms with van der Waals surface area (Å²) < 4.78 is 5.16. The quantitative estimate of drug-likeness (QED) is 0.816. The summed E-state index contributed by atoms with van der Waals surface area (Å²) >= 11 is 1.55. The van der Waals surface area contributed by atoms with Gasteiger partial charge < -0.3 is 9.63 Å².